The molecule has 0 aliphatic carbocycles. The maximum absolute atomic E-state index is 11.1. The van der Waals surface area contributed by atoms with Crippen molar-refractivity contribution in [2.45, 2.75) is 26.8 Å². The Morgan fingerprint density at radius 1 is 1.59 bits per heavy atom. The third-order valence-corrected chi connectivity index (χ3v) is 3.42. The normalized spacial score (nSPS) is 19.7. The number of likely N-dealkylation sites (tertiary alicyclic amines) is 1. The van der Waals surface area contributed by atoms with Crippen LogP contribution >= 0.6 is 0 Å². The lowest BCUT2D eigenvalue weighted by atomic mass is 9.93. The molecule has 1 aromatic heterocycles. The van der Waals surface area contributed by atoms with E-state index >= 15 is 0 Å². The molecule has 1 aromatic rings. The molecule has 0 saturated carbocycles. The maximum atomic E-state index is 11.1. The van der Waals surface area contributed by atoms with E-state index in [1.165, 1.54) is 6.20 Å². The predicted molar refractivity (Wildman–Crippen MR) is 63.8 cm³/mol. The molecular formula is C12H19N3O2. The molecule has 1 aliphatic rings. The fraction of sp³-hybridized carbons (Fsp3) is 0.667. The van der Waals surface area contributed by atoms with Gasteiger partial charge < -0.3 is 5.11 Å². The van der Waals surface area contributed by atoms with Crippen molar-refractivity contribution in [3.8, 4) is 0 Å². The Kier molecular flexibility index (Phi) is 2.95. The molecule has 5 nitrogen and oxygen atoms in total. The zero-order valence-electron chi connectivity index (χ0n) is 10.6. The minimum absolute atomic E-state index is 0.317. The Morgan fingerprint density at radius 2 is 2.29 bits per heavy atom. The van der Waals surface area contributed by atoms with Gasteiger partial charge in [-0.05, 0) is 18.4 Å². The van der Waals surface area contributed by atoms with Gasteiger partial charge in [0.05, 0.1) is 11.9 Å². The fourth-order valence-corrected chi connectivity index (χ4v) is 2.40. The number of carboxylic acids is 1. The van der Waals surface area contributed by atoms with Crippen LogP contribution in [0.15, 0.2) is 6.20 Å². The summed E-state index contributed by atoms with van der Waals surface area (Å²) in [6.45, 7) is 7.19. The van der Waals surface area contributed by atoms with Gasteiger partial charge >= 0.3 is 5.97 Å². The largest absolute Gasteiger partial charge is 0.478 e. The quantitative estimate of drug-likeness (QED) is 0.862. The van der Waals surface area contributed by atoms with E-state index in [0.717, 1.165) is 25.2 Å². The van der Waals surface area contributed by atoms with Gasteiger partial charge in [-0.2, -0.15) is 5.10 Å². The lowest BCUT2D eigenvalue weighted by molar-refractivity contribution is 0.0694. The van der Waals surface area contributed by atoms with E-state index in [4.69, 9.17) is 5.11 Å². The van der Waals surface area contributed by atoms with Gasteiger partial charge in [0.15, 0.2) is 0 Å². The third-order valence-electron chi connectivity index (χ3n) is 3.42. The number of carbonyl (C=O) groups is 1. The molecule has 2 heterocycles. The van der Waals surface area contributed by atoms with E-state index in [0.29, 0.717) is 17.5 Å². The van der Waals surface area contributed by atoms with Crippen molar-refractivity contribution in [2.75, 3.05) is 13.1 Å². The first kappa shape index (κ1) is 12.1. The zero-order chi connectivity index (χ0) is 12.6. The molecule has 0 unspecified atom stereocenters. The summed E-state index contributed by atoms with van der Waals surface area (Å²) in [5.74, 6) is -0.897. The van der Waals surface area contributed by atoms with Crippen LogP contribution < -0.4 is 0 Å². The van der Waals surface area contributed by atoms with Gasteiger partial charge in [-0.25, -0.2) is 4.79 Å². The lowest BCUT2D eigenvalue weighted by Crippen LogP contribution is -2.25. The van der Waals surface area contributed by atoms with Gasteiger partial charge in [-0.15, -0.1) is 0 Å². The van der Waals surface area contributed by atoms with Crippen LogP contribution in [0, 0.1) is 5.41 Å². The minimum Gasteiger partial charge on any atom is -0.478 e. The van der Waals surface area contributed by atoms with Gasteiger partial charge in [0, 0.05) is 20.1 Å². The van der Waals surface area contributed by atoms with Gasteiger partial charge in [-0.3, -0.25) is 9.58 Å². The minimum atomic E-state index is -0.897. The van der Waals surface area contributed by atoms with Crippen molar-refractivity contribution in [2.24, 2.45) is 12.5 Å². The topological polar surface area (TPSA) is 58.4 Å². The highest BCUT2D eigenvalue weighted by molar-refractivity contribution is 5.88. The second-order valence-electron chi connectivity index (χ2n) is 5.56. The van der Waals surface area contributed by atoms with Crippen molar-refractivity contribution in [1.82, 2.24) is 14.7 Å². The van der Waals surface area contributed by atoms with Gasteiger partial charge in [0.1, 0.15) is 5.56 Å². The number of hydrogen-bond donors (Lipinski definition) is 1. The molecule has 1 fully saturated rings. The first-order valence-corrected chi connectivity index (χ1v) is 5.85. The van der Waals surface area contributed by atoms with E-state index in [-0.39, 0.29) is 0 Å². The fourth-order valence-electron chi connectivity index (χ4n) is 2.40. The summed E-state index contributed by atoms with van der Waals surface area (Å²) < 4.78 is 1.66. The summed E-state index contributed by atoms with van der Waals surface area (Å²) in [6.07, 6.45) is 2.59. The number of carboxylic acid groups (broad SMARTS) is 1. The van der Waals surface area contributed by atoms with Crippen LogP contribution in [0.25, 0.3) is 0 Å². The van der Waals surface area contributed by atoms with Gasteiger partial charge in [-0.1, -0.05) is 13.8 Å². The molecule has 1 aliphatic heterocycles. The summed E-state index contributed by atoms with van der Waals surface area (Å²) in [4.78, 5) is 13.4. The monoisotopic (exact) mass is 237 g/mol. The van der Waals surface area contributed by atoms with E-state index in [9.17, 15) is 4.79 Å². The average molecular weight is 237 g/mol. The van der Waals surface area contributed by atoms with Crippen LogP contribution in [0.1, 0.15) is 36.3 Å². The lowest BCUT2D eigenvalue weighted by Gasteiger charge is -2.19. The number of hydrogen-bond acceptors (Lipinski definition) is 3. The zero-order valence-corrected chi connectivity index (χ0v) is 10.6. The summed E-state index contributed by atoms with van der Waals surface area (Å²) in [6, 6.07) is 0. The van der Waals surface area contributed by atoms with Crippen LogP contribution in [0.4, 0.5) is 0 Å². The van der Waals surface area contributed by atoms with Crippen LogP contribution in [0.2, 0.25) is 0 Å². The molecule has 0 atom stereocenters. The second kappa shape index (κ2) is 4.14. The van der Waals surface area contributed by atoms with Crippen molar-refractivity contribution in [3.05, 3.63) is 17.5 Å². The molecule has 0 amide bonds. The number of aromatic nitrogens is 2. The summed E-state index contributed by atoms with van der Waals surface area (Å²) >= 11 is 0. The van der Waals surface area contributed by atoms with Crippen molar-refractivity contribution in [1.29, 1.82) is 0 Å². The molecule has 17 heavy (non-hydrogen) atoms. The molecule has 0 bridgehead atoms. The number of rotatable bonds is 3. The molecule has 2 rings (SSSR count). The van der Waals surface area contributed by atoms with Gasteiger partial charge in [0.2, 0.25) is 0 Å². The van der Waals surface area contributed by atoms with Crippen LogP contribution in [-0.4, -0.2) is 38.8 Å². The standard InChI is InChI=1S/C12H19N3O2/c1-12(2)4-5-15(8-12)7-10-9(11(16)17)6-13-14(10)3/h6H,4-5,7-8H2,1-3H3,(H,16,17). The number of aromatic carboxylic acids is 1. The summed E-state index contributed by atoms with van der Waals surface area (Å²) in [5, 5.41) is 13.1. The highest BCUT2D eigenvalue weighted by Crippen LogP contribution is 2.30. The van der Waals surface area contributed by atoms with Crippen molar-refractivity contribution < 1.29 is 9.90 Å². The molecule has 1 saturated heterocycles. The smallest absolute Gasteiger partial charge is 0.339 e. The van der Waals surface area contributed by atoms with E-state index < -0.39 is 5.97 Å². The number of aryl methyl sites for hydroxylation is 1. The molecule has 5 heteroatoms. The Balaban J connectivity index is 2.14. The van der Waals surface area contributed by atoms with Crippen molar-refractivity contribution in [3.63, 3.8) is 0 Å². The van der Waals surface area contributed by atoms with Crippen molar-refractivity contribution >= 4 is 5.97 Å². The second-order valence-corrected chi connectivity index (χ2v) is 5.56. The SMILES string of the molecule is Cn1ncc(C(=O)O)c1CN1CCC(C)(C)C1. The van der Waals surface area contributed by atoms with Crippen LogP contribution in [0.5, 0.6) is 0 Å². The predicted octanol–water partition coefficient (Wildman–Crippen LogP) is 1.35. The third kappa shape index (κ3) is 2.49. The van der Waals surface area contributed by atoms with Crippen LogP contribution in [0.3, 0.4) is 0 Å². The Hall–Kier alpha value is -1.36. The maximum Gasteiger partial charge on any atom is 0.339 e. The van der Waals surface area contributed by atoms with E-state index in [2.05, 4.69) is 23.8 Å². The highest BCUT2D eigenvalue weighted by Gasteiger charge is 2.30. The first-order chi connectivity index (χ1) is 7.89. The molecule has 0 aromatic carbocycles. The molecule has 0 spiro atoms. The number of nitrogens with zero attached hydrogens (tertiary/aromatic N) is 3. The average Bonchev–Trinajstić information content (AvgIpc) is 2.72. The molecule has 1 N–H and O–H groups in total. The van der Waals surface area contributed by atoms with E-state index in [1.54, 1.807) is 11.7 Å². The summed E-state index contributed by atoms with van der Waals surface area (Å²) in [7, 11) is 1.79. The molecular weight excluding hydrogens is 218 g/mol. The highest BCUT2D eigenvalue weighted by atomic mass is 16.4. The Labute approximate surface area is 101 Å². The Bertz CT molecular complexity index is 437. The van der Waals surface area contributed by atoms with Gasteiger partial charge in [0.25, 0.3) is 0 Å². The van der Waals surface area contributed by atoms with E-state index in [1.807, 2.05) is 0 Å². The molecule has 0 radical (unpaired) electrons. The summed E-state index contributed by atoms with van der Waals surface area (Å²) in [5.41, 5.74) is 1.44. The molecule has 94 valence electrons. The first-order valence-electron chi connectivity index (χ1n) is 5.85. The Morgan fingerprint density at radius 3 is 2.82 bits per heavy atom. The van der Waals surface area contributed by atoms with Crippen LogP contribution in [-0.2, 0) is 13.6 Å².